The van der Waals surface area contributed by atoms with E-state index in [0.717, 1.165) is 19.4 Å². The average Bonchev–Trinajstić information content (AvgIpc) is 2.96. The third-order valence-electron chi connectivity index (χ3n) is 7.79. The highest BCUT2D eigenvalue weighted by atomic mass is 16.5. The monoisotopic (exact) mass is 542 g/mol. The average molecular weight is 543 g/mol. The molecule has 0 bridgehead atoms. The summed E-state index contributed by atoms with van der Waals surface area (Å²) in [6.07, 6.45) is 40.5. The van der Waals surface area contributed by atoms with E-state index in [1.165, 1.54) is 141 Å². The Hall–Kier alpha value is -1.64. The van der Waals surface area contributed by atoms with E-state index in [4.69, 9.17) is 4.74 Å². The van der Waals surface area contributed by atoms with Gasteiger partial charge in [0.2, 0.25) is 0 Å². The summed E-state index contributed by atoms with van der Waals surface area (Å²) in [5.74, 6) is -0.185. The van der Waals surface area contributed by atoms with Crippen LogP contribution in [0, 0.1) is 0 Å². The zero-order chi connectivity index (χ0) is 28.1. The Balaban J connectivity index is 1.93. The molecule has 0 fully saturated rings. The Morgan fingerprint density at radius 2 is 1.00 bits per heavy atom. The molecule has 0 N–H and O–H groups in total. The van der Waals surface area contributed by atoms with Gasteiger partial charge in [0.15, 0.2) is 12.4 Å². The van der Waals surface area contributed by atoms with E-state index in [0.29, 0.717) is 12.2 Å². The summed E-state index contributed by atoms with van der Waals surface area (Å²) in [4.78, 5) is 12.3. The molecule has 39 heavy (non-hydrogen) atoms. The number of nitrogens with zero attached hydrogens (tertiary/aromatic N) is 1. The minimum absolute atomic E-state index is 0.185. The van der Waals surface area contributed by atoms with Gasteiger partial charge in [-0.3, -0.25) is 0 Å². The van der Waals surface area contributed by atoms with Crippen LogP contribution in [-0.4, -0.2) is 12.6 Å². The predicted octanol–water partition coefficient (Wildman–Crippen LogP) is 11.1. The topological polar surface area (TPSA) is 30.2 Å². The molecule has 1 heterocycles. The molecule has 0 aliphatic heterocycles. The van der Waals surface area contributed by atoms with Crippen LogP contribution in [0.4, 0.5) is 0 Å². The number of unbranched alkanes of at least 4 members (excludes halogenated alkanes) is 21. The molecule has 3 nitrogen and oxygen atoms in total. The van der Waals surface area contributed by atoms with E-state index >= 15 is 0 Å². The van der Waals surface area contributed by atoms with Crippen LogP contribution in [0.1, 0.15) is 178 Å². The van der Waals surface area contributed by atoms with Crippen LogP contribution >= 0.6 is 0 Å². The van der Waals surface area contributed by atoms with Gasteiger partial charge in [-0.15, -0.1) is 0 Å². The van der Waals surface area contributed by atoms with Gasteiger partial charge in [0, 0.05) is 18.6 Å². The van der Waals surface area contributed by atoms with Crippen LogP contribution in [0.25, 0.3) is 0 Å². The number of carbonyl (C=O) groups is 1. The Morgan fingerprint density at radius 3 is 1.49 bits per heavy atom. The first-order valence-corrected chi connectivity index (χ1v) is 17.1. The molecule has 0 radical (unpaired) electrons. The first-order valence-electron chi connectivity index (χ1n) is 17.1. The summed E-state index contributed by atoms with van der Waals surface area (Å²) in [5, 5.41) is 0. The van der Waals surface area contributed by atoms with Gasteiger partial charge >= 0.3 is 5.97 Å². The second-order valence-electron chi connectivity index (χ2n) is 11.6. The fraction of sp³-hybridized carbons (Fsp3) is 0.778. The summed E-state index contributed by atoms with van der Waals surface area (Å²) in [6, 6.07) is 3.81. The molecule has 0 aliphatic rings. The maximum atomic E-state index is 12.3. The molecular weight excluding hydrogens is 478 g/mol. The van der Waals surface area contributed by atoms with Crippen LogP contribution in [0.15, 0.2) is 36.7 Å². The normalized spacial score (nSPS) is 11.4. The number of esters is 1. The van der Waals surface area contributed by atoms with Gasteiger partial charge in [-0.05, 0) is 38.5 Å². The first kappa shape index (κ1) is 35.4. The Kier molecular flexibility index (Phi) is 25.3. The summed E-state index contributed by atoms with van der Waals surface area (Å²) in [7, 11) is 0. The van der Waals surface area contributed by atoms with Crippen LogP contribution in [0.2, 0.25) is 0 Å². The molecule has 0 aliphatic carbocycles. The molecule has 0 saturated carbocycles. The van der Waals surface area contributed by atoms with Gasteiger partial charge in [0.1, 0.15) is 6.54 Å². The lowest BCUT2D eigenvalue weighted by molar-refractivity contribution is -0.697. The van der Waals surface area contributed by atoms with Crippen molar-refractivity contribution in [1.29, 1.82) is 0 Å². The molecule has 0 amide bonds. The van der Waals surface area contributed by atoms with Crippen molar-refractivity contribution in [1.82, 2.24) is 0 Å². The number of pyridine rings is 1. The number of aryl methyl sites for hydroxylation is 1. The molecule has 0 spiro atoms. The molecule has 0 atom stereocenters. The van der Waals surface area contributed by atoms with Crippen molar-refractivity contribution in [3.05, 3.63) is 42.2 Å². The van der Waals surface area contributed by atoms with Crippen LogP contribution < -0.4 is 4.57 Å². The molecule has 0 unspecified atom stereocenters. The summed E-state index contributed by atoms with van der Waals surface area (Å²) < 4.78 is 7.67. The summed E-state index contributed by atoms with van der Waals surface area (Å²) in [6.45, 7) is 6.11. The number of carbonyl (C=O) groups excluding carboxylic acids is 1. The number of allylic oxidation sites excluding steroid dienone is 2. The van der Waals surface area contributed by atoms with Crippen molar-refractivity contribution in [3.8, 4) is 0 Å². The van der Waals surface area contributed by atoms with Crippen molar-refractivity contribution in [2.24, 2.45) is 0 Å². The maximum absolute atomic E-state index is 12.3. The number of aromatic nitrogens is 1. The molecule has 1 aromatic rings. The Bertz CT molecular complexity index is 682. The van der Waals surface area contributed by atoms with E-state index < -0.39 is 0 Å². The van der Waals surface area contributed by atoms with Crippen molar-refractivity contribution >= 4 is 5.97 Å². The molecule has 1 rings (SSSR count). The zero-order valence-electron chi connectivity index (χ0n) is 26.1. The molecular formula is C36H64NO2+. The fourth-order valence-corrected chi connectivity index (χ4v) is 5.12. The lowest BCUT2D eigenvalue weighted by Crippen LogP contribution is -2.32. The van der Waals surface area contributed by atoms with E-state index in [1.807, 2.05) is 24.5 Å². The minimum Gasteiger partial charge on any atom is -0.462 e. The van der Waals surface area contributed by atoms with Crippen molar-refractivity contribution in [2.45, 2.75) is 174 Å². The summed E-state index contributed by atoms with van der Waals surface area (Å²) >= 11 is 0. The second kappa shape index (κ2) is 27.9. The highest BCUT2D eigenvalue weighted by Crippen LogP contribution is 2.12. The Labute approximate surface area is 243 Å². The third-order valence-corrected chi connectivity index (χ3v) is 7.79. The third kappa shape index (κ3) is 22.8. The standard InChI is InChI=1S/C36H64NO2/c1-3-5-7-9-11-13-15-16-17-18-19-20-21-23-25-27-31-37-32-29-35(30-33-37)36(38)39-34-28-26-24-22-14-12-10-8-6-4-2/h16-17,29-30,32-33H,3-15,18-28,31,34H2,1-2H3/q+1/b17-16-. The number of hydrogen-bond donors (Lipinski definition) is 0. The van der Waals surface area contributed by atoms with Gasteiger partial charge < -0.3 is 4.74 Å². The second-order valence-corrected chi connectivity index (χ2v) is 11.6. The quantitative estimate of drug-likeness (QED) is 0.0456. The van der Waals surface area contributed by atoms with Crippen LogP contribution in [0.5, 0.6) is 0 Å². The van der Waals surface area contributed by atoms with E-state index in [-0.39, 0.29) is 5.97 Å². The van der Waals surface area contributed by atoms with E-state index in [1.54, 1.807) is 0 Å². The van der Waals surface area contributed by atoms with Crippen molar-refractivity contribution in [3.63, 3.8) is 0 Å². The highest BCUT2D eigenvalue weighted by molar-refractivity contribution is 5.88. The number of rotatable bonds is 28. The lowest BCUT2D eigenvalue weighted by atomic mass is 10.1. The first-order chi connectivity index (χ1) is 19.3. The number of ether oxygens (including phenoxy) is 1. The lowest BCUT2D eigenvalue weighted by Gasteiger charge is -2.05. The minimum atomic E-state index is -0.185. The van der Waals surface area contributed by atoms with Gasteiger partial charge in [-0.1, -0.05) is 135 Å². The number of hydrogen-bond acceptors (Lipinski definition) is 2. The van der Waals surface area contributed by atoms with Crippen LogP contribution in [-0.2, 0) is 11.3 Å². The molecule has 0 aromatic carbocycles. The maximum Gasteiger partial charge on any atom is 0.338 e. The Morgan fingerprint density at radius 1 is 0.590 bits per heavy atom. The predicted molar refractivity (Wildman–Crippen MR) is 168 cm³/mol. The molecule has 3 heteroatoms. The largest absolute Gasteiger partial charge is 0.462 e. The molecule has 0 saturated heterocycles. The van der Waals surface area contributed by atoms with Crippen LogP contribution in [0.3, 0.4) is 0 Å². The fourth-order valence-electron chi connectivity index (χ4n) is 5.12. The van der Waals surface area contributed by atoms with Crippen molar-refractivity contribution < 1.29 is 14.1 Å². The van der Waals surface area contributed by atoms with Gasteiger partial charge in [-0.25, -0.2) is 9.36 Å². The van der Waals surface area contributed by atoms with Gasteiger partial charge in [0.25, 0.3) is 0 Å². The smallest absolute Gasteiger partial charge is 0.338 e. The summed E-state index contributed by atoms with van der Waals surface area (Å²) in [5.41, 5.74) is 0.666. The van der Waals surface area contributed by atoms with E-state index in [2.05, 4.69) is 30.6 Å². The zero-order valence-corrected chi connectivity index (χ0v) is 26.1. The van der Waals surface area contributed by atoms with Gasteiger partial charge in [0.05, 0.1) is 12.2 Å². The van der Waals surface area contributed by atoms with E-state index in [9.17, 15) is 4.79 Å². The highest BCUT2D eigenvalue weighted by Gasteiger charge is 2.09. The molecule has 1 aromatic heterocycles. The van der Waals surface area contributed by atoms with Gasteiger partial charge in [-0.2, -0.15) is 0 Å². The van der Waals surface area contributed by atoms with Crippen molar-refractivity contribution in [2.75, 3.05) is 6.61 Å². The molecule has 224 valence electrons. The SMILES string of the molecule is CCCCCCCC/C=C\CCCCCCCC[n+]1ccc(C(=O)OCCCCCCCCCCCC)cc1.